The van der Waals surface area contributed by atoms with Gasteiger partial charge in [0.2, 0.25) is 0 Å². The number of halogens is 2. The van der Waals surface area contributed by atoms with E-state index in [0.29, 0.717) is 0 Å². The van der Waals surface area contributed by atoms with Gasteiger partial charge in [0.25, 0.3) is 0 Å². The molecule has 0 amide bonds. The summed E-state index contributed by atoms with van der Waals surface area (Å²) in [7, 11) is 3.61. The second-order valence-corrected chi connectivity index (χ2v) is 7.22. The van der Waals surface area contributed by atoms with Crippen molar-refractivity contribution in [3.63, 3.8) is 0 Å². The first-order valence-electron chi connectivity index (χ1n) is 6.54. The maximum atomic E-state index is 12.0. The number of imidazole rings is 1. The predicted octanol–water partition coefficient (Wildman–Crippen LogP) is 3.97. The van der Waals surface area contributed by atoms with Crippen LogP contribution in [0.4, 0.5) is 0 Å². The molecule has 2 aromatic carbocycles. The summed E-state index contributed by atoms with van der Waals surface area (Å²) >= 11 is 6.06. The second-order valence-electron chi connectivity index (χ2n) is 5.06. The molecule has 3 aromatic rings. The summed E-state index contributed by atoms with van der Waals surface area (Å²) in [5.74, 6) is 0. The van der Waals surface area contributed by atoms with Gasteiger partial charge in [-0.2, -0.15) is 0 Å². The van der Waals surface area contributed by atoms with Crippen molar-refractivity contribution in [1.29, 1.82) is 0 Å². The molecule has 0 aliphatic heterocycles. The molecule has 0 saturated carbocycles. The van der Waals surface area contributed by atoms with E-state index in [1.807, 2.05) is 13.1 Å². The van der Waals surface area contributed by atoms with Gasteiger partial charge in [-0.25, -0.2) is 4.79 Å². The summed E-state index contributed by atoms with van der Waals surface area (Å²) in [5, 5.41) is 0. The SMILES string of the molecule is Cn1c(=O)n(C)c2cc(C(Br)c3ccc(I)cc3)ccc21. The van der Waals surface area contributed by atoms with Gasteiger partial charge in [0.1, 0.15) is 0 Å². The molecule has 0 spiro atoms. The maximum absolute atomic E-state index is 12.0. The summed E-state index contributed by atoms with van der Waals surface area (Å²) in [5.41, 5.74) is 4.26. The minimum Gasteiger partial charge on any atom is -0.295 e. The highest BCUT2D eigenvalue weighted by molar-refractivity contribution is 14.1. The van der Waals surface area contributed by atoms with Gasteiger partial charge in [-0.1, -0.05) is 34.1 Å². The van der Waals surface area contributed by atoms with Crippen LogP contribution in [0.3, 0.4) is 0 Å². The fourth-order valence-electron chi connectivity index (χ4n) is 2.51. The zero-order valence-electron chi connectivity index (χ0n) is 11.7. The summed E-state index contributed by atoms with van der Waals surface area (Å²) in [6, 6.07) is 14.6. The van der Waals surface area contributed by atoms with Crippen LogP contribution >= 0.6 is 38.5 Å². The lowest BCUT2D eigenvalue weighted by Gasteiger charge is -2.11. The Bertz CT molecular complexity index is 864. The van der Waals surface area contributed by atoms with E-state index < -0.39 is 0 Å². The third-order valence-corrected chi connectivity index (χ3v) is 5.53. The Morgan fingerprint density at radius 2 is 1.52 bits per heavy atom. The van der Waals surface area contributed by atoms with Crippen LogP contribution in [0.15, 0.2) is 47.3 Å². The topological polar surface area (TPSA) is 26.9 Å². The minimum atomic E-state index is 0.00235. The Hall–Kier alpha value is -1.08. The van der Waals surface area contributed by atoms with E-state index in [-0.39, 0.29) is 10.5 Å². The van der Waals surface area contributed by atoms with E-state index in [4.69, 9.17) is 0 Å². The zero-order valence-corrected chi connectivity index (χ0v) is 15.4. The van der Waals surface area contributed by atoms with Crippen molar-refractivity contribution in [2.45, 2.75) is 4.83 Å². The third kappa shape index (κ3) is 2.57. The lowest BCUT2D eigenvalue weighted by Crippen LogP contribution is -2.19. The number of aryl methyl sites for hydroxylation is 2. The van der Waals surface area contributed by atoms with Gasteiger partial charge in [0.15, 0.2) is 0 Å². The Morgan fingerprint density at radius 1 is 0.952 bits per heavy atom. The molecular formula is C16H14BrIN2O. The number of rotatable bonds is 2. The summed E-state index contributed by atoms with van der Waals surface area (Å²) < 4.78 is 4.58. The smallest absolute Gasteiger partial charge is 0.295 e. The van der Waals surface area contributed by atoms with Crippen LogP contribution in [0.2, 0.25) is 0 Å². The number of aromatic nitrogens is 2. The first-order valence-corrected chi connectivity index (χ1v) is 8.53. The monoisotopic (exact) mass is 456 g/mol. The highest BCUT2D eigenvalue weighted by atomic mass is 127. The number of hydrogen-bond acceptors (Lipinski definition) is 1. The van der Waals surface area contributed by atoms with Gasteiger partial charge in [-0.3, -0.25) is 9.13 Å². The van der Waals surface area contributed by atoms with Crippen LogP contribution in [-0.2, 0) is 14.1 Å². The molecule has 1 atom stereocenters. The minimum absolute atomic E-state index is 0.00235. The van der Waals surface area contributed by atoms with Crippen LogP contribution in [0, 0.1) is 3.57 Å². The molecule has 3 rings (SSSR count). The number of hydrogen-bond donors (Lipinski definition) is 0. The molecule has 0 radical (unpaired) electrons. The van der Waals surface area contributed by atoms with Gasteiger partial charge >= 0.3 is 5.69 Å². The fraction of sp³-hybridized carbons (Fsp3) is 0.188. The van der Waals surface area contributed by atoms with Crippen LogP contribution in [-0.4, -0.2) is 9.13 Å². The molecule has 0 aliphatic rings. The van der Waals surface area contributed by atoms with Crippen molar-refractivity contribution in [3.05, 3.63) is 67.6 Å². The Morgan fingerprint density at radius 3 is 2.19 bits per heavy atom. The molecule has 3 nitrogen and oxygen atoms in total. The van der Waals surface area contributed by atoms with Gasteiger partial charge < -0.3 is 0 Å². The average Bonchev–Trinajstić information content (AvgIpc) is 2.72. The van der Waals surface area contributed by atoms with Gasteiger partial charge in [-0.15, -0.1) is 0 Å². The standard InChI is InChI=1S/C16H14BrIN2O/c1-19-13-8-5-11(9-14(13)20(2)16(19)21)15(17)10-3-6-12(18)7-4-10/h3-9,15H,1-2H3. The van der Waals surface area contributed by atoms with E-state index in [2.05, 4.69) is 74.9 Å². The number of benzene rings is 2. The molecule has 5 heteroatoms. The quantitative estimate of drug-likeness (QED) is 0.423. The molecule has 0 N–H and O–H groups in total. The number of nitrogens with zero attached hydrogens (tertiary/aromatic N) is 2. The van der Waals surface area contributed by atoms with Crippen molar-refractivity contribution >= 4 is 49.6 Å². The van der Waals surface area contributed by atoms with Gasteiger partial charge in [-0.05, 0) is 58.0 Å². The van der Waals surface area contributed by atoms with Crippen LogP contribution in [0.5, 0.6) is 0 Å². The number of fused-ring (bicyclic) bond motifs is 1. The third-order valence-electron chi connectivity index (χ3n) is 3.75. The average molecular weight is 457 g/mol. The molecule has 1 aromatic heterocycles. The molecule has 1 heterocycles. The molecule has 0 saturated heterocycles. The molecule has 108 valence electrons. The Labute approximate surface area is 144 Å². The molecular weight excluding hydrogens is 443 g/mol. The maximum Gasteiger partial charge on any atom is 0.328 e. The van der Waals surface area contributed by atoms with Crippen molar-refractivity contribution < 1.29 is 0 Å². The lowest BCUT2D eigenvalue weighted by molar-refractivity contribution is 0.795. The second kappa shape index (κ2) is 5.61. The summed E-state index contributed by atoms with van der Waals surface area (Å²) in [4.78, 5) is 12.1. The predicted molar refractivity (Wildman–Crippen MR) is 98.1 cm³/mol. The normalized spacial score (nSPS) is 12.8. The summed E-state index contributed by atoms with van der Waals surface area (Å²) in [6.07, 6.45) is 0. The lowest BCUT2D eigenvalue weighted by atomic mass is 10.0. The number of alkyl halides is 1. The van der Waals surface area contributed by atoms with Crippen LogP contribution in [0.1, 0.15) is 16.0 Å². The van der Waals surface area contributed by atoms with E-state index in [1.165, 1.54) is 9.13 Å². The molecule has 0 aliphatic carbocycles. The largest absolute Gasteiger partial charge is 0.328 e. The van der Waals surface area contributed by atoms with Crippen molar-refractivity contribution in [3.8, 4) is 0 Å². The Balaban J connectivity index is 2.10. The summed E-state index contributed by atoms with van der Waals surface area (Å²) in [6.45, 7) is 0. The first-order chi connectivity index (χ1) is 9.99. The van der Waals surface area contributed by atoms with E-state index in [0.717, 1.165) is 16.6 Å². The van der Waals surface area contributed by atoms with Crippen LogP contribution in [0.25, 0.3) is 11.0 Å². The Kier molecular flexibility index (Phi) is 3.96. The first kappa shape index (κ1) is 14.8. The van der Waals surface area contributed by atoms with Crippen molar-refractivity contribution in [2.24, 2.45) is 14.1 Å². The van der Waals surface area contributed by atoms with E-state index in [9.17, 15) is 4.79 Å². The highest BCUT2D eigenvalue weighted by Crippen LogP contribution is 2.32. The van der Waals surface area contributed by atoms with E-state index >= 15 is 0 Å². The molecule has 21 heavy (non-hydrogen) atoms. The molecule has 1 unspecified atom stereocenters. The molecule has 0 bridgehead atoms. The van der Waals surface area contributed by atoms with Crippen LogP contribution < -0.4 is 5.69 Å². The van der Waals surface area contributed by atoms with Gasteiger partial charge in [0.05, 0.1) is 15.9 Å². The fourth-order valence-corrected chi connectivity index (χ4v) is 3.46. The van der Waals surface area contributed by atoms with Crippen molar-refractivity contribution in [2.75, 3.05) is 0 Å². The zero-order chi connectivity index (χ0) is 15.1. The van der Waals surface area contributed by atoms with Crippen molar-refractivity contribution in [1.82, 2.24) is 9.13 Å². The molecule has 0 fully saturated rings. The van der Waals surface area contributed by atoms with E-state index in [1.54, 1.807) is 16.2 Å². The van der Waals surface area contributed by atoms with Gasteiger partial charge in [0, 0.05) is 17.7 Å². The highest BCUT2D eigenvalue weighted by Gasteiger charge is 2.14.